The van der Waals surface area contributed by atoms with Crippen molar-refractivity contribution in [1.82, 2.24) is 60.3 Å². The van der Waals surface area contributed by atoms with Crippen LogP contribution in [0, 0.1) is 34.1 Å². The minimum atomic E-state index is -4.34. The van der Waals surface area contributed by atoms with Crippen molar-refractivity contribution < 1.29 is 85.6 Å². The molecule has 5 aromatic heterocycles. The highest BCUT2D eigenvalue weighted by Crippen LogP contribution is 2.40. The number of aliphatic hydroxyl groups is 1. The first-order chi connectivity index (χ1) is 46.1. The van der Waals surface area contributed by atoms with Crippen LogP contribution in [0.15, 0.2) is 49.1 Å². The summed E-state index contributed by atoms with van der Waals surface area (Å²) in [6.45, 7) is 10.4. The number of rotatable bonds is 40. The molecular formula is C63H80F4N14O16. The summed E-state index contributed by atoms with van der Waals surface area (Å²) >= 11 is 0. The third-order valence-corrected chi connectivity index (χ3v) is 16.1. The molecule has 7 rings (SSSR count). The van der Waals surface area contributed by atoms with Gasteiger partial charge in [0.15, 0.2) is 6.23 Å². The molecule has 526 valence electrons. The van der Waals surface area contributed by atoms with Gasteiger partial charge in [0.25, 0.3) is 0 Å². The molecule has 0 saturated heterocycles. The summed E-state index contributed by atoms with van der Waals surface area (Å²) in [7, 11) is 0. The molecule has 2 aliphatic heterocycles. The number of fused-ring (bicyclic) bond motifs is 8. The summed E-state index contributed by atoms with van der Waals surface area (Å²) < 4.78 is 84.6. The van der Waals surface area contributed by atoms with E-state index in [1.807, 2.05) is 52.0 Å². The Labute approximate surface area is 553 Å². The van der Waals surface area contributed by atoms with Gasteiger partial charge in [-0.05, 0) is 154 Å². The minimum Gasteiger partial charge on any atom is -0.481 e. The number of aromatic amines is 2. The van der Waals surface area contributed by atoms with Crippen LogP contribution in [0.25, 0.3) is 44.4 Å². The summed E-state index contributed by atoms with van der Waals surface area (Å²) in [6.07, 6.45) is 0.885. The Morgan fingerprint density at radius 1 is 0.598 bits per heavy atom. The highest BCUT2D eigenvalue weighted by Gasteiger charge is 2.48. The van der Waals surface area contributed by atoms with E-state index in [1.165, 1.54) is 0 Å². The van der Waals surface area contributed by atoms with Gasteiger partial charge in [0.2, 0.25) is 11.8 Å². The molecular weight excluding hydrogens is 1280 g/mol. The molecule has 3 amide bonds. The van der Waals surface area contributed by atoms with Crippen LogP contribution in [0.3, 0.4) is 0 Å². The second-order valence-electron chi connectivity index (χ2n) is 23.1. The van der Waals surface area contributed by atoms with Crippen molar-refractivity contribution in [2.24, 2.45) is 0 Å². The van der Waals surface area contributed by atoms with Crippen LogP contribution in [0.1, 0.15) is 149 Å². The van der Waals surface area contributed by atoms with Crippen molar-refractivity contribution >= 4 is 85.9 Å². The highest BCUT2D eigenvalue weighted by atomic mass is 19.3. The number of carbonyl (C=O) groups excluding carboxylic acids is 3. The maximum absolute atomic E-state index is 15.2. The van der Waals surface area contributed by atoms with Crippen LogP contribution in [0.5, 0.6) is 0 Å². The summed E-state index contributed by atoms with van der Waals surface area (Å²) in [5.74, 6) is -10.2. The zero-order chi connectivity index (χ0) is 70.7. The van der Waals surface area contributed by atoms with Gasteiger partial charge >= 0.3 is 41.7 Å². The summed E-state index contributed by atoms with van der Waals surface area (Å²) in [6, 6.07) is 3.04. The van der Waals surface area contributed by atoms with E-state index >= 15 is 17.6 Å². The van der Waals surface area contributed by atoms with E-state index in [4.69, 9.17) is 39.1 Å². The van der Waals surface area contributed by atoms with Crippen molar-refractivity contribution in [3.63, 3.8) is 0 Å². The third-order valence-electron chi connectivity index (χ3n) is 16.1. The number of nitrogens with one attached hydrogen (secondary N) is 6. The van der Waals surface area contributed by atoms with E-state index < -0.39 is 76.5 Å². The number of hydrogen-bond donors (Lipinski definition) is 9. The molecule has 0 aliphatic carbocycles. The zero-order valence-corrected chi connectivity index (χ0v) is 54.4. The van der Waals surface area contributed by atoms with Gasteiger partial charge in [-0.2, -0.15) is 22.1 Å². The van der Waals surface area contributed by atoms with Crippen LogP contribution in [0.2, 0.25) is 0 Å². The van der Waals surface area contributed by atoms with Gasteiger partial charge in [-0.15, -0.1) is 0 Å². The van der Waals surface area contributed by atoms with Gasteiger partial charge in [0.1, 0.15) is 31.3 Å². The molecule has 0 radical (unpaired) electrons. The van der Waals surface area contributed by atoms with Gasteiger partial charge < -0.3 is 80.4 Å². The lowest BCUT2D eigenvalue weighted by Crippen LogP contribution is -2.47. The van der Waals surface area contributed by atoms with E-state index in [-0.39, 0.29) is 134 Å². The number of carboxylic acids is 2. The van der Waals surface area contributed by atoms with Crippen molar-refractivity contribution in [3.05, 3.63) is 114 Å². The van der Waals surface area contributed by atoms with Crippen molar-refractivity contribution in [1.29, 1.82) is 0 Å². The molecule has 0 aromatic carbocycles. The maximum atomic E-state index is 15.2. The van der Waals surface area contributed by atoms with Crippen molar-refractivity contribution in [2.45, 2.75) is 143 Å². The normalized spacial score (nSPS) is 13.6. The predicted molar refractivity (Wildman–Crippen MR) is 343 cm³/mol. The molecule has 8 bridgehead atoms. The molecule has 3 unspecified atom stereocenters. The molecule has 3 atom stereocenters. The number of aromatic nitrogens is 8. The number of imidazole rings is 2. The smallest absolute Gasteiger partial charge is 0.458 e. The lowest BCUT2D eigenvalue weighted by atomic mass is 9.98. The highest BCUT2D eigenvalue weighted by molar-refractivity contribution is 5.97. The number of aliphatic hydroxyl groups excluding tert-OH is 1. The third kappa shape index (κ3) is 20.1. The maximum Gasteiger partial charge on any atom is 0.458 e. The first-order valence-corrected chi connectivity index (χ1v) is 31.4. The van der Waals surface area contributed by atoms with Crippen LogP contribution in [-0.2, 0) is 55.5 Å². The van der Waals surface area contributed by atoms with Gasteiger partial charge in [-0.1, -0.05) is 9.97 Å². The van der Waals surface area contributed by atoms with Gasteiger partial charge in [0, 0.05) is 92.1 Å². The minimum absolute atomic E-state index is 0.00440. The number of allylic oxidation sites excluding steroid dienone is 4. The van der Waals surface area contributed by atoms with E-state index in [9.17, 15) is 49.3 Å². The van der Waals surface area contributed by atoms with Gasteiger partial charge in [-0.25, -0.2) is 14.5 Å². The molecule has 30 nitrogen and oxygen atoms in total. The molecule has 0 fully saturated rings. The number of ether oxygens (including phenoxy) is 4. The molecule has 0 saturated carbocycles. The first-order valence-electron chi connectivity index (χ1n) is 31.4. The topological polar surface area (TPSA) is 410 Å². The van der Waals surface area contributed by atoms with Gasteiger partial charge in [0.05, 0.1) is 61.0 Å². The monoisotopic (exact) mass is 1360 g/mol. The van der Waals surface area contributed by atoms with E-state index in [0.29, 0.717) is 90.7 Å². The molecule has 7 heterocycles. The Bertz CT molecular complexity index is 3920. The summed E-state index contributed by atoms with van der Waals surface area (Å²) in [5, 5.41) is 61.3. The average molecular weight is 1370 g/mol. The Hall–Kier alpha value is -9.35. The Balaban J connectivity index is 1.25. The second kappa shape index (κ2) is 34.5. The Morgan fingerprint density at radius 3 is 1.57 bits per heavy atom. The molecule has 5 aromatic rings. The van der Waals surface area contributed by atoms with Gasteiger partial charge in [-0.3, -0.25) is 29.3 Å². The van der Waals surface area contributed by atoms with E-state index in [0.717, 1.165) is 40.9 Å². The average Bonchev–Trinajstić information content (AvgIpc) is 1.63. The van der Waals surface area contributed by atoms with Crippen LogP contribution >= 0.6 is 0 Å². The van der Waals surface area contributed by atoms with E-state index in [2.05, 4.69) is 41.2 Å². The largest absolute Gasteiger partial charge is 0.481 e. The standard InChI is InChI=1S/C63H80F4N14O16/c1-36-42(11-13-52(82)68-17-7-25-94-29-15-54(84)85)48-34-49-43(12-14-53(83)69-18-8-26-95-30-16-55(86)87)37(2)45(75-49)32-50-57(41(6)96-27-9-19-70-58(88)62(64,65)35-78-23-21-72-60(78)80(90)91)39(4)47(77-50)33-51-56(38(3)46(76-51)31-44(36)74-48)40(5)97-28-10-20-71-59(89)63(66,67)79-24-22-73-61(79)81(92)93/h21-24,31-34,40-41,58,70,76-77,88H,7-20,25-30,35H2,1-6H3,(H,68,82)(H,69,83)(H,71,89)(H,84,85)(H,86,87). The molecule has 9 N–H and O–H groups in total. The Morgan fingerprint density at radius 2 is 1.05 bits per heavy atom. The molecule has 34 heteroatoms. The SMILES string of the molecule is CC1=C(CCC(=O)NCCCOCCC(=O)O)c2cc3nc(cc4[nH]c(cc5[nH]c(cc1n2)c(C)c5C(C)OCCCNC(=O)C(F)(F)n1ccnc1[N+](=O)[O-])c(C)c4C(C)OCCCNC(O)C(F)(F)Cn1ccnc1[N+](=O)[O-])C(C)=C3CCC(=O)NCCCOCCC(=O)O. The molecule has 97 heavy (non-hydrogen) atoms. The number of aliphatic carboxylic acids is 2. The summed E-state index contributed by atoms with van der Waals surface area (Å²) in [4.78, 5) is 106. The molecule has 2 aliphatic rings. The Kier molecular flexibility index (Phi) is 26.7. The second-order valence-corrected chi connectivity index (χ2v) is 23.1. The van der Waals surface area contributed by atoms with Crippen molar-refractivity contribution in [2.75, 3.05) is 65.8 Å². The summed E-state index contributed by atoms with van der Waals surface area (Å²) in [5.41, 5.74) is 9.98. The lowest BCUT2D eigenvalue weighted by molar-refractivity contribution is -0.400. The number of aryl methyl sites for hydroxylation is 2. The fourth-order valence-electron chi connectivity index (χ4n) is 11.0. The predicted octanol–water partition coefficient (Wildman–Crippen LogP) is 8.10. The number of amides is 3. The number of nitro groups is 2. The first kappa shape index (κ1) is 75.0. The number of halogens is 4. The molecule has 0 spiro atoms. The zero-order valence-electron chi connectivity index (χ0n) is 54.4. The van der Waals surface area contributed by atoms with Crippen LogP contribution in [-0.4, -0.2) is 172 Å². The number of carbonyl (C=O) groups is 5. The number of carboxylic acid groups (broad SMARTS) is 2. The number of H-pyrrole nitrogens is 2. The van der Waals surface area contributed by atoms with Crippen molar-refractivity contribution in [3.8, 4) is 0 Å². The fraction of sp³-hybridized carbons (Fsp3) is 0.508. The lowest BCUT2D eigenvalue weighted by Gasteiger charge is -2.23. The van der Waals surface area contributed by atoms with Crippen LogP contribution in [0.4, 0.5) is 29.5 Å². The quantitative estimate of drug-likeness (QED) is 0.00587. The number of alkyl halides is 4. The number of hydrogen-bond acceptors (Lipinski definition) is 19. The van der Waals surface area contributed by atoms with Crippen LogP contribution < -0.4 is 21.3 Å². The van der Waals surface area contributed by atoms with E-state index in [1.54, 1.807) is 13.8 Å². The fourth-order valence-corrected chi connectivity index (χ4v) is 11.0. The number of nitrogens with zero attached hydrogens (tertiary/aromatic N) is 8.